The number of halogens is 4. The molecule has 0 saturated heterocycles. The number of imidazole rings is 1. The van der Waals surface area contributed by atoms with E-state index in [1.54, 1.807) is 4.57 Å². The zero-order valence-electron chi connectivity index (χ0n) is 10.9. The van der Waals surface area contributed by atoms with E-state index in [0.717, 1.165) is 17.8 Å². The first-order valence-corrected chi connectivity index (χ1v) is 6.84. The Balaban J connectivity index is 2.01. The van der Waals surface area contributed by atoms with E-state index < -0.39 is 17.8 Å². The van der Waals surface area contributed by atoms with Gasteiger partial charge in [-0.2, -0.15) is 13.2 Å². The van der Waals surface area contributed by atoms with E-state index in [0.29, 0.717) is 35.9 Å². The van der Waals surface area contributed by atoms with Gasteiger partial charge in [0, 0.05) is 5.56 Å². The van der Waals surface area contributed by atoms with Crippen LogP contribution in [-0.4, -0.2) is 20.8 Å². The topological polar surface area (TPSA) is 38.1 Å². The summed E-state index contributed by atoms with van der Waals surface area (Å²) < 4.78 is 39.5. The van der Waals surface area contributed by atoms with Crippen molar-refractivity contribution in [1.29, 1.82) is 0 Å². The molecule has 2 heterocycles. The van der Waals surface area contributed by atoms with Crippen molar-refractivity contribution in [1.82, 2.24) is 9.55 Å². The van der Waals surface area contributed by atoms with Crippen molar-refractivity contribution in [2.24, 2.45) is 0 Å². The summed E-state index contributed by atoms with van der Waals surface area (Å²) in [6, 6.07) is 4.78. The molecule has 1 aliphatic rings. The van der Waals surface area contributed by atoms with Crippen molar-refractivity contribution < 1.29 is 18.3 Å². The van der Waals surface area contributed by atoms with Crippen molar-refractivity contribution in [3.63, 3.8) is 0 Å². The van der Waals surface area contributed by atoms with Crippen LogP contribution in [0.2, 0.25) is 5.15 Å². The second-order valence-corrected chi connectivity index (χ2v) is 5.41. The van der Waals surface area contributed by atoms with E-state index in [2.05, 4.69) is 4.98 Å². The fourth-order valence-corrected chi connectivity index (χ4v) is 2.80. The minimum atomic E-state index is -4.36. The molecule has 0 aliphatic carbocycles. The lowest BCUT2D eigenvalue weighted by molar-refractivity contribution is -0.137. The van der Waals surface area contributed by atoms with E-state index in [1.807, 2.05) is 0 Å². The Labute approximate surface area is 124 Å². The highest BCUT2D eigenvalue weighted by Gasteiger charge is 2.30. The van der Waals surface area contributed by atoms with Gasteiger partial charge in [0.1, 0.15) is 5.82 Å². The number of rotatable bonds is 1. The molecule has 1 aromatic heterocycles. The van der Waals surface area contributed by atoms with Crippen molar-refractivity contribution in [3.8, 4) is 11.4 Å². The van der Waals surface area contributed by atoms with Gasteiger partial charge in [-0.1, -0.05) is 23.7 Å². The summed E-state index contributed by atoms with van der Waals surface area (Å²) in [4.78, 5) is 4.22. The Bertz CT molecular complexity index is 664. The summed E-state index contributed by atoms with van der Waals surface area (Å²) in [7, 11) is 0. The van der Waals surface area contributed by atoms with Crippen LogP contribution in [0.15, 0.2) is 24.3 Å². The van der Waals surface area contributed by atoms with Crippen molar-refractivity contribution in [2.45, 2.75) is 31.7 Å². The van der Waals surface area contributed by atoms with Gasteiger partial charge in [-0.15, -0.1) is 0 Å². The van der Waals surface area contributed by atoms with Crippen molar-refractivity contribution >= 4 is 11.6 Å². The van der Waals surface area contributed by atoms with Gasteiger partial charge in [0.05, 0.1) is 23.9 Å². The molecule has 0 bridgehead atoms. The third-order valence-electron chi connectivity index (χ3n) is 3.60. The molecule has 3 nitrogen and oxygen atoms in total. The lowest BCUT2D eigenvalue weighted by atomic mass is 10.1. The van der Waals surface area contributed by atoms with E-state index in [4.69, 9.17) is 11.6 Å². The summed E-state index contributed by atoms with van der Waals surface area (Å²) >= 11 is 6.07. The van der Waals surface area contributed by atoms with Gasteiger partial charge in [0.25, 0.3) is 0 Å². The Morgan fingerprint density at radius 1 is 1.24 bits per heavy atom. The molecule has 1 atom stereocenters. The molecule has 7 heteroatoms. The predicted octanol–water partition coefficient (Wildman–Crippen LogP) is 3.53. The maximum atomic E-state index is 12.6. The van der Waals surface area contributed by atoms with E-state index in [9.17, 15) is 18.3 Å². The number of hydrogen-bond acceptors (Lipinski definition) is 2. The molecule has 0 fully saturated rings. The second kappa shape index (κ2) is 5.03. The average molecular weight is 317 g/mol. The predicted molar refractivity (Wildman–Crippen MR) is 72.0 cm³/mol. The van der Waals surface area contributed by atoms with Gasteiger partial charge >= 0.3 is 6.18 Å². The van der Waals surface area contributed by atoms with Crippen LogP contribution in [-0.2, 0) is 19.1 Å². The first-order chi connectivity index (χ1) is 9.86. The molecular formula is C14H12ClF3N2O. The van der Waals surface area contributed by atoms with Gasteiger partial charge in [-0.25, -0.2) is 4.98 Å². The number of aliphatic hydroxyl groups is 1. The standard InChI is InChI=1S/C14H12ClF3N2O/c15-12-11-6-5-10(21)7-20(11)13(19-12)8-1-3-9(4-2-8)14(16,17)18/h1-4,10,21H,5-7H2. The zero-order valence-corrected chi connectivity index (χ0v) is 11.6. The van der Waals surface area contributed by atoms with Crippen molar-refractivity contribution in [3.05, 3.63) is 40.7 Å². The normalized spacial score (nSPS) is 18.6. The first-order valence-electron chi connectivity index (χ1n) is 6.47. The molecule has 0 radical (unpaired) electrons. The summed E-state index contributed by atoms with van der Waals surface area (Å²) in [6.07, 6.45) is -3.64. The second-order valence-electron chi connectivity index (χ2n) is 5.05. The molecule has 2 aromatic rings. The van der Waals surface area contributed by atoms with Crippen molar-refractivity contribution in [2.75, 3.05) is 0 Å². The molecule has 0 spiro atoms. The van der Waals surface area contributed by atoms with E-state index >= 15 is 0 Å². The van der Waals surface area contributed by atoms with Gasteiger partial charge in [-0.3, -0.25) is 0 Å². The molecule has 1 aromatic carbocycles. The summed E-state index contributed by atoms with van der Waals surface area (Å²) in [5.41, 5.74) is 0.657. The van der Waals surface area contributed by atoms with Gasteiger partial charge in [-0.05, 0) is 25.0 Å². The molecule has 1 N–H and O–H groups in total. The molecule has 3 rings (SSSR count). The third kappa shape index (κ3) is 2.65. The number of benzene rings is 1. The average Bonchev–Trinajstić information content (AvgIpc) is 2.75. The minimum absolute atomic E-state index is 0.344. The summed E-state index contributed by atoms with van der Waals surface area (Å²) in [5.74, 6) is 0.488. The largest absolute Gasteiger partial charge is 0.416 e. The molecule has 1 aliphatic heterocycles. The highest BCUT2D eigenvalue weighted by atomic mass is 35.5. The maximum Gasteiger partial charge on any atom is 0.416 e. The Kier molecular flexibility index (Phi) is 3.45. The van der Waals surface area contributed by atoms with E-state index in [-0.39, 0.29) is 0 Å². The van der Waals surface area contributed by atoms with Crippen LogP contribution in [0.4, 0.5) is 13.2 Å². The number of alkyl halides is 3. The number of aliphatic hydroxyl groups excluding tert-OH is 1. The van der Waals surface area contributed by atoms with Crippen LogP contribution in [0, 0.1) is 0 Å². The number of fused-ring (bicyclic) bond motifs is 1. The van der Waals surface area contributed by atoms with Gasteiger partial charge < -0.3 is 9.67 Å². The van der Waals surface area contributed by atoms with Gasteiger partial charge in [0.2, 0.25) is 0 Å². The number of hydrogen-bond donors (Lipinski definition) is 1. The molecule has 0 amide bonds. The quantitative estimate of drug-likeness (QED) is 0.874. The first kappa shape index (κ1) is 14.4. The molecular weight excluding hydrogens is 305 g/mol. The Hall–Kier alpha value is -1.53. The number of nitrogens with zero attached hydrogens (tertiary/aromatic N) is 2. The highest BCUT2D eigenvalue weighted by Crippen LogP contribution is 2.33. The molecule has 1 unspecified atom stereocenters. The monoisotopic (exact) mass is 316 g/mol. The SMILES string of the molecule is OC1CCc2c(Cl)nc(-c3ccc(C(F)(F)F)cc3)n2C1. The zero-order chi connectivity index (χ0) is 15.2. The highest BCUT2D eigenvalue weighted by molar-refractivity contribution is 6.30. The van der Waals surface area contributed by atoms with Crippen LogP contribution in [0.25, 0.3) is 11.4 Å². The fourth-order valence-electron chi connectivity index (χ4n) is 2.53. The van der Waals surface area contributed by atoms with Gasteiger partial charge in [0.15, 0.2) is 5.15 Å². The molecule has 21 heavy (non-hydrogen) atoms. The molecule has 112 valence electrons. The lowest BCUT2D eigenvalue weighted by Gasteiger charge is -2.21. The summed E-state index contributed by atoms with van der Waals surface area (Å²) in [5, 5.41) is 10.1. The smallest absolute Gasteiger partial charge is 0.391 e. The van der Waals surface area contributed by atoms with Crippen LogP contribution in [0.5, 0.6) is 0 Å². The van der Waals surface area contributed by atoms with E-state index in [1.165, 1.54) is 12.1 Å². The van der Waals surface area contributed by atoms with Crippen LogP contribution < -0.4 is 0 Å². The van der Waals surface area contributed by atoms with Crippen LogP contribution in [0.3, 0.4) is 0 Å². The maximum absolute atomic E-state index is 12.6. The minimum Gasteiger partial charge on any atom is -0.391 e. The molecule has 0 saturated carbocycles. The van der Waals surface area contributed by atoms with Crippen LogP contribution in [0.1, 0.15) is 17.7 Å². The van der Waals surface area contributed by atoms with Crippen LogP contribution >= 0.6 is 11.6 Å². The summed E-state index contributed by atoms with van der Waals surface area (Å²) in [6.45, 7) is 0.353. The number of aromatic nitrogens is 2. The Morgan fingerprint density at radius 2 is 1.90 bits per heavy atom. The Morgan fingerprint density at radius 3 is 2.52 bits per heavy atom. The fraction of sp³-hybridized carbons (Fsp3) is 0.357. The lowest BCUT2D eigenvalue weighted by Crippen LogP contribution is -2.24. The third-order valence-corrected chi connectivity index (χ3v) is 3.90.